The number of nitrogens with one attached hydrogen (secondary N) is 1. The summed E-state index contributed by atoms with van der Waals surface area (Å²) in [7, 11) is 3.35. The summed E-state index contributed by atoms with van der Waals surface area (Å²) < 4.78 is 12.0. The predicted octanol–water partition coefficient (Wildman–Crippen LogP) is 3.83. The Morgan fingerprint density at radius 3 is 2.38 bits per heavy atom. The van der Waals surface area contributed by atoms with E-state index in [4.69, 9.17) is 9.47 Å². The van der Waals surface area contributed by atoms with Crippen LogP contribution in [0.1, 0.15) is 22.0 Å². The van der Waals surface area contributed by atoms with Crippen LogP contribution in [-0.2, 0) is 0 Å². The van der Waals surface area contributed by atoms with E-state index in [2.05, 4.69) is 50.6 Å². The molecule has 1 aliphatic rings. The number of piperazine rings is 1. The van der Waals surface area contributed by atoms with Crippen LogP contribution in [-0.4, -0.2) is 45.3 Å². The molecule has 1 aromatic heterocycles. The molecule has 1 fully saturated rings. The second-order valence-electron chi connectivity index (χ2n) is 5.94. The quantitative estimate of drug-likeness (QED) is 0.811. The molecule has 130 valence electrons. The predicted molar refractivity (Wildman–Crippen MR) is 103 cm³/mol. The van der Waals surface area contributed by atoms with Crippen molar-refractivity contribution in [3.05, 3.63) is 44.1 Å². The zero-order valence-corrected chi connectivity index (χ0v) is 16.7. The first-order valence-corrected chi connectivity index (χ1v) is 9.72. The van der Waals surface area contributed by atoms with Gasteiger partial charge in [-0.2, -0.15) is 0 Å². The second kappa shape index (κ2) is 7.87. The maximum atomic E-state index is 5.54. The molecular weight excluding hydrogens is 388 g/mol. The van der Waals surface area contributed by atoms with Crippen molar-refractivity contribution in [1.82, 2.24) is 10.2 Å². The summed E-state index contributed by atoms with van der Waals surface area (Å²) in [5.41, 5.74) is 2.53. The van der Waals surface area contributed by atoms with E-state index in [1.807, 2.05) is 17.4 Å². The summed E-state index contributed by atoms with van der Waals surface area (Å²) in [4.78, 5) is 3.90. The van der Waals surface area contributed by atoms with Gasteiger partial charge in [-0.3, -0.25) is 4.90 Å². The van der Waals surface area contributed by atoms with E-state index in [0.717, 1.165) is 42.2 Å². The Balaban J connectivity index is 2.07. The normalized spacial score (nSPS) is 16.8. The van der Waals surface area contributed by atoms with Crippen molar-refractivity contribution in [3.63, 3.8) is 0 Å². The Kier molecular flexibility index (Phi) is 5.81. The van der Waals surface area contributed by atoms with Crippen LogP contribution >= 0.6 is 27.3 Å². The lowest BCUT2D eigenvalue weighted by Crippen LogP contribution is -2.45. The van der Waals surface area contributed by atoms with Crippen molar-refractivity contribution >= 4 is 27.3 Å². The van der Waals surface area contributed by atoms with Crippen molar-refractivity contribution in [2.45, 2.75) is 13.0 Å². The number of thiophene rings is 1. The second-order valence-corrected chi connectivity index (χ2v) is 7.74. The third kappa shape index (κ3) is 3.61. The van der Waals surface area contributed by atoms with Gasteiger partial charge in [-0.15, -0.1) is 11.3 Å². The molecule has 2 heterocycles. The van der Waals surface area contributed by atoms with Gasteiger partial charge in [0, 0.05) is 35.5 Å². The summed E-state index contributed by atoms with van der Waals surface area (Å²) in [6, 6.07) is 6.62. The first kappa shape index (κ1) is 17.7. The summed E-state index contributed by atoms with van der Waals surface area (Å²) in [6.45, 7) is 6.25. The summed E-state index contributed by atoms with van der Waals surface area (Å²) >= 11 is 5.57. The first-order valence-electron chi connectivity index (χ1n) is 8.05. The molecule has 1 aliphatic heterocycles. The Morgan fingerprint density at radius 2 is 1.79 bits per heavy atom. The molecule has 6 heteroatoms. The molecule has 0 saturated carbocycles. The minimum atomic E-state index is 0.222. The highest BCUT2D eigenvalue weighted by molar-refractivity contribution is 9.10. The molecule has 3 rings (SSSR count). The number of hydrogen-bond donors (Lipinski definition) is 1. The average molecular weight is 411 g/mol. The Morgan fingerprint density at radius 1 is 1.12 bits per heavy atom. The van der Waals surface area contributed by atoms with Crippen LogP contribution in [0.15, 0.2) is 28.1 Å². The Hall–Kier alpha value is -1.08. The van der Waals surface area contributed by atoms with Gasteiger partial charge >= 0.3 is 0 Å². The van der Waals surface area contributed by atoms with E-state index in [-0.39, 0.29) is 6.04 Å². The molecule has 0 aliphatic carbocycles. The lowest BCUT2D eigenvalue weighted by atomic mass is 10.0. The van der Waals surface area contributed by atoms with Crippen LogP contribution in [0.4, 0.5) is 0 Å². The lowest BCUT2D eigenvalue weighted by molar-refractivity contribution is 0.200. The highest BCUT2D eigenvalue weighted by Gasteiger charge is 2.28. The highest BCUT2D eigenvalue weighted by atomic mass is 79.9. The van der Waals surface area contributed by atoms with E-state index in [0.29, 0.717) is 0 Å². The minimum absolute atomic E-state index is 0.222. The standard InChI is InChI=1S/C18H23BrN2O2S/c1-12-8-17(24-11-12)18(21-6-4-20-5-7-21)13-9-15(22-2)16(23-3)10-14(13)19/h8-11,18,20H,4-7H2,1-3H3. The van der Waals surface area contributed by atoms with Crippen molar-refractivity contribution in [3.8, 4) is 11.5 Å². The third-order valence-corrected chi connectivity index (χ3v) is 6.12. The first-order chi connectivity index (χ1) is 11.6. The van der Waals surface area contributed by atoms with Gasteiger partial charge in [-0.05, 0) is 41.6 Å². The van der Waals surface area contributed by atoms with E-state index >= 15 is 0 Å². The molecule has 1 aromatic carbocycles. The van der Waals surface area contributed by atoms with Crippen molar-refractivity contribution in [2.24, 2.45) is 0 Å². The van der Waals surface area contributed by atoms with Crippen LogP contribution < -0.4 is 14.8 Å². The van der Waals surface area contributed by atoms with E-state index in [1.165, 1.54) is 16.0 Å². The zero-order chi connectivity index (χ0) is 17.1. The SMILES string of the molecule is COc1cc(Br)c(C(c2cc(C)cs2)N2CCNCC2)cc1OC. The van der Waals surface area contributed by atoms with Gasteiger partial charge in [0.15, 0.2) is 11.5 Å². The van der Waals surface area contributed by atoms with Gasteiger partial charge in [0.1, 0.15) is 0 Å². The average Bonchev–Trinajstić information content (AvgIpc) is 3.03. The van der Waals surface area contributed by atoms with E-state index in [1.54, 1.807) is 14.2 Å². The van der Waals surface area contributed by atoms with Crippen LogP contribution in [0.5, 0.6) is 11.5 Å². The van der Waals surface area contributed by atoms with Gasteiger partial charge in [0.25, 0.3) is 0 Å². The number of methoxy groups -OCH3 is 2. The fourth-order valence-electron chi connectivity index (χ4n) is 3.15. The minimum Gasteiger partial charge on any atom is -0.493 e. The van der Waals surface area contributed by atoms with Gasteiger partial charge < -0.3 is 14.8 Å². The van der Waals surface area contributed by atoms with Gasteiger partial charge in [0.05, 0.1) is 20.3 Å². The molecule has 0 amide bonds. The Labute approximate surface area is 155 Å². The third-order valence-electron chi connectivity index (χ3n) is 4.33. The van der Waals surface area contributed by atoms with Gasteiger partial charge in [-0.25, -0.2) is 0 Å². The smallest absolute Gasteiger partial charge is 0.161 e. The van der Waals surface area contributed by atoms with Crippen LogP contribution in [0.2, 0.25) is 0 Å². The number of hydrogen-bond acceptors (Lipinski definition) is 5. The molecule has 0 radical (unpaired) electrons. The molecule has 1 unspecified atom stereocenters. The highest BCUT2D eigenvalue weighted by Crippen LogP contribution is 2.41. The van der Waals surface area contributed by atoms with Crippen molar-refractivity contribution in [2.75, 3.05) is 40.4 Å². The molecule has 0 bridgehead atoms. The molecule has 1 saturated heterocycles. The zero-order valence-electron chi connectivity index (χ0n) is 14.3. The summed E-state index contributed by atoms with van der Waals surface area (Å²) in [5.74, 6) is 1.51. The largest absolute Gasteiger partial charge is 0.493 e. The molecule has 2 aromatic rings. The lowest BCUT2D eigenvalue weighted by Gasteiger charge is -2.35. The van der Waals surface area contributed by atoms with Crippen molar-refractivity contribution < 1.29 is 9.47 Å². The molecular formula is C18H23BrN2O2S. The van der Waals surface area contributed by atoms with E-state index < -0.39 is 0 Å². The maximum absolute atomic E-state index is 5.54. The van der Waals surface area contributed by atoms with Crippen LogP contribution in [0.25, 0.3) is 0 Å². The summed E-state index contributed by atoms with van der Waals surface area (Å²) in [6.07, 6.45) is 0. The summed E-state index contributed by atoms with van der Waals surface area (Å²) in [5, 5.41) is 5.66. The topological polar surface area (TPSA) is 33.7 Å². The number of ether oxygens (including phenoxy) is 2. The number of nitrogens with zero attached hydrogens (tertiary/aromatic N) is 1. The van der Waals surface area contributed by atoms with E-state index in [9.17, 15) is 0 Å². The molecule has 4 nitrogen and oxygen atoms in total. The van der Waals surface area contributed by atoms with Crippen LogP contribution in [0.3, 0.4) is 0 Å². The maximum Gasteiger partial charge on any atom is 0.161 e. The Bertz CT molecular complexity index is 698. The number of aryl methyl sites for hydroxylation is 1. The fourth-order valence-corrected chi connectivity index (χ4v) is 4.73. The number of rotatable bonds is 5. The van der Waals surface area contributed by atoms with Crippen LogP contribution in [0, 0.1) is 6.92 Å². The van der Waals surface area contributed by atoms with Gasteiger partial charge in [-0.1, -0.05) is 15.9 Å². The number of halogens is 1. The monoisotopic (exact) mass is 410 g/mol. The van der Waals surface area contributed by atoms with Crippen molar-refractivity contribution in [1.29, 1.82) is 0 Å². The fraction of sp³-hybridized carbons (Fsp3) is 0.444. The molecule has 24 heavy (non-hydrogen) atoms. The molecule has 0 spiro atoms. The molecule has 1 N–H and O–H groups in total. The number of benzene rings is 1. The van der Waals surface area contributed by atoms with Gasteiger partial charge in [0.2, 0.25) is 0 Å². The molecule has 1 atom stereocenters.